The van der Waals surface area contributed by atoms with Gasteiger partial charge in [-0.15, -0.1) is 0 Å². The van der Waals surface area contributed by atoms with E-state index in [0.29, 0.717) is 18.1 Å². The number of ketones is 1. The molecule has 1 aliphatic rings. The summed E-state index contributed by atoms with van der Waals surface area (Å²) in [5, 5.41) is 0. The second-order valence-electron chi connectivity index (χ2n) is 2.81. The van der Waals surface area contributed by atoms with Gasteiger partial charge < -0.3 is 4.74 Å². The summed E-state index contributed by atoms with van der Waals surface area (Å²) in [6, 6.07) is 0.540. The smallest absolute Gasteiger partial charge is 0.296 e. The molecule has 0 saturated carbocycles. The average Bonchev–Trinajstić information content (AvgIpc) is 2.49. The number of imidazole rings is 1. The fourth-order valence-corrected chi connectivity index (χ4v) is 1.49. The molecule has 0 aliphatic carbocycles. The SMILES string of the molecule is COc1ncc2n1CCCC2=O. The Morgan fingerprint density at radius 1 is 1.67 bits per heavy atom. The predicted octanol–water partition coefficient (Wildman–Crippen LogP) is 0.868. The van der Waals surface area contributed by atoms with E-state index in [2.05, 4.69) is 4.98 Å². The molecule has 0 amide bonds. The molecule has 0 atom stereocenters. The van der Waals surface area contributed by atoms with Crippen molar-refractivity contribution in [3.05, 3.63) is 11.9 Å². The minimum atomic E-state index is 0.164. The molecule has 1 aromatic rings. The van der Waals surface area contributed by atoms with Crippen molar-refractivity contribution in [1.29, 1.82) is 0 Å². The van der Waals surface area contributed by atoms with E-state index in [0.717, 1.165) is 13.0 Å². The number of methoxy groups -OCH3 is 1. The third-order valence-electron chi connectivity index (χ3n) is 2.07. The highest BCUT2D eigenvalue weighted by Crippen LogP contribution is 2.20. The summed E-state index contributed by atoms with van der Waals surface area (Å²) in [5.41, 5.74) is 0.679. The van der Waals surface area contributed by atoms with Gasteiger partial charge in [0.2, 0.25) is 0 Å². The number of nitrogens with zero attached hydrogens (tertiary/aromatic N) is 2. The van der Waals surface area contributed by atoms with Crippen molar-refractivity contribution in [2.24, 2.45) is 0 Å². The molecule has 0 spiro atoms. The number of rotatable bonds is 1. The van der Waals surface area contributed by atoms with Crippen LogP contribution in [0.15, 0.2) is 6.20 Å². The fourth-order valence-electron chi connectivity index (χ4n) is 1.49. The van der Waals surface area contributed by atoms with Gasteiger partial charge in [0.05, 0.1) is 13.3 Å². The Morgan fingerprint density at radius 3 is 3.25 bits per heavy atom. The lowest BCUT2D eigenvalue weighted by atomic mass is 10.1. The topological polar surface area (TPSA) is 44.1 Å². The van der Waals surface area contributed by atoms with Crippen molar-refractivity contribution in [2.45, 2.75) is 19.4 Å². The number of aromatic nitrogens is 2. The fraction of sp³-hybridized carbons (Fsp3) is 0.500. The van der Waals surface area contributed by atoms with E-state index < -0.39 is 0 Å². The Balaban J connectivity index is 2.48. The molecule has 0 bridgehead atoms. The zero-order chi connectivity index (χ0) is 8.55. The van der Waals surface area contributed by atoms with Gasteiger partial charge in [-0.3, -0.25) is 9.36 Å². The minimum Gasteiger partial charge on any atom is -0.468 e. The zero-order valence-corrected chi connectivity index (χ0v) is 6.91. The summed E-state index contributed by atoms with van der Waals surface area (Å²) < 4.78 is 6.83. The lowest BCUT2D eigenvalue weighted by Crippen LogP contribution is -2.16. The van der Waals surface area contributed by atoms with E-state index >= 15 is 0 Å². The number of ether oxygens (including phenoxy) is 1. The number of Topliss-reactive ketones (excluding diaryl/α,β-unsaturated/α-hetero) is 1. The maximum absolute atomic E-state index is 11.3. The van der Waals surface area contributed by atoms with Gasteiger partial charge in [-0.25, -0.2) is 4.98 Å². The Kier molecular flexibility index (Phi) is 1.60. The van der Waals surface area contributed by atoms with Crippen LogP contribution < -0.4 is 4.74 Å². The monoisotopic (exact) mass is 166 g/mol. The number of hydrogen-bond donors (Lipinski definition) is 0. The Labute approximate surface area is 70.2 Å². The van der Waals surface area contributed by atoms with Gasteiger partial charge in [0, 0.05) is 13.0 Å². The summed E-state index contributed by atoms with van der Waals surface area (Å²) in [7, 11) is 1.56. The largest absolute Gasteiger partial charge is 0.468 e. The second-order valence-corrected chi connectivity index (χ2v) is 2.81. The molecular formula is C8H10N2O2. The van der Waals surface area contributed by atoms with Crippen molar-refractivity contribution >= 4 is 5.78 Å². The van der Waals surface area contributed by atoms with Crippen molar-refractivity contribution in [3.63, 3.8) is 0 Å². The van der Waals surface area contributed by atoms with E-state index in [4.69, 9.17) is 4.74 Å². The van der Waals surface area contributed by atoms with Crippen LogP contribution in [0.1, 0.15) is 23.3 Å². The van der Waals surface area contributed by atoms with Crippen LogP contribution in [0, 0.1) is 0 Å². The third kappa shape index (κ3) is 0.913. The van der Waals surface area contributed by atoms with Gasteiger partial charge in [0.25, 0.3) is 6.01 Å². The Morgan fingerprint density at radius 2 is 2.50 bits per heavy atom. The molecule has 12 heavy (non-hydrogen) atoms. The highest BCUT2D eigenvalue weighted by Gasteiger charge is 2.20. The predicted molar refractivity (Wildman–Crippen MR) is 42.3 cm³/mol. The van der Waals surface area contributed by atoms with Crippen LogP contribution in [-0.4, -0.2) is 22.4 Å². The average molecular weight is 166 g/mol. The number of hydrogen-bond acceptors (Lipinski definition) is 3. The number of carbonyl (C=O) groups excluding carboxylic acids is 1. The first-order chi connectivity index (χ1) is 5.83. The van der Waals surface area contributed by atoms with Gasteiger partial charge in [-0.2, -0.15) is 0 Å². The molecule has 4 nitrogen and oxygen atoms in total. The first-order valence-electron chi connectivity index (χ1n) is 3.95. The number of carbonyl (C=O) groups is 1. The first kappa shape index (κ1) is 7.34. The van der Waals surface area contributed by atoms with Crippen LogP contribution in [0.3, 0.4) is 0 Å². The van der Waals surface area contributed by atoms with Crippen LogP contribution >= 0.6 is 0 Å². The molecule has 1 aromatic heterocycles. The van der Waals surface area contributed by atoms with Crippen molar-refractivity contribution in [1.82, 2.24) is 9.55 Å². The molecule has 0 saturated heterocycles. The maximum Gasteiger partial charge on any atom is 0.296 e. The Bertz CT molecular complexity index is 317. The summed E-state index contributed by atoms with van der Waals surface area (Å²) in [6.45, 7) is 0.838. The van der Waals surface area contributed by atoms with Gasteiger partial charge in [0.1, 0.15) is 5.69 Å². The molecular weight excluding hydrogens is 156 g/mol. The molecule has 4 heteroatoms. The summed E-state index contributed by atoms with van der Waals surface area (Å²) >= 11 is 0. The molecule has 0 radical (unpaired) electrons. The highest BCUT2D eigenvalue weighted by molar-refractivity contribution is 5.95. The van der Waals surface area contributed by atoms with Gasteiger partial charge in [0.15, 0.2) is 5.78 Å². The third-order valence-corrected chi connectivity index (χ3v) is 2.07. The summed E-state index contributed by atoms with van der Waals surface area (Å²) in [6.07, 6.45) is 3.10. The second kappa shape index (κ2) is 2.62. The molecule has 0 N–H and O–H groups in total. The summed E-state index contributed by atoms with van der Waals surface area (Å²) in [4.78, 5) is 15.3. The maximum atomic E-state index is 11.3. The van der Waals surface area contributed by atoms with Crippen LogP contribution in [0.2, 0.25) is 0 Å². The quantitative estimate of drug-likeness (QED) is 0.621. The normalized spacial score (nSPS) is 15.9. The van der Waals surface area contributed by atoms with Gasteiger partial charge in [-0.1, -0.05) is 0 Å². The van der Waals surface area contributed by atoms with E-state index in [1.165, 1.54) is 0 Å². The zero-order valence-electron chi connectivity index (χ0n) is 6.91. The van der Waals surface area contributed by atoms with Crippen molar-refractivity contribution in [3.8, 4) is 6.01 Å². The number of fused-ring (bicyclic) bond motifs is 1. The van der Waals surface area contributed by atoms with Crippen LogP contribution in [0.25, 0.3) is 0 Å². The molecule has 0 unspecified atom stereocenters. The Hall–Kier alpha value is -1.32. The van der Waals surface area contributed by atoms with Crippen LogP contribution in [-0.2, 0) is 6.54 Å². The molecule has 1 aliphatic heterocycles. The van der Waals surface area contributed by atoms with E-state index in [1.54, 1.807) is 13.3 Å². The van der Waals surface area contributed by atoms with Crippen LogP contribution in [0.5, 0.6) is 6.01 Å². The van der Waals surface area contributed by atoms with Gasteiger partial charge >= 0.3 is 0 Å². The van der Waals surface area contributed by atoms with Gasteiger partial charge in [-0.05, 0) is 6.42 Å². The first-order valence-corrected chi connectivity index (χ1v) is 3.95. The van der Waals surface area contributed by atoms with Crippen molar-refractivity contribution < 1.29 is 9.53 Å². The van der Waals surface area contributed by atoms with E-state index in [9.17, 15) is 4.79 Å². The van der Waals surface area contributed by atoms with E-state index in [1.807, 2.05) is 4.57 Å². The lowest BCUT2D eigenvalue weighted by molar-refractivity contribution is 0.0952. The minimum absolute atomic E-state index is 0.164. The standard InChI is InChI=1S/C8H10N2O2/c1-12-8-9-5-6-7(11)3-2-4-10(6)8/h5H,2-4H2,1H3. The van der Waals surface area contributed by atoms with Crippen molar-refractivity contribution in [2.75, 3.05) is 7.11 Å². The molecule has 64 valence electrons. The van der Waals surface area contributed by atoms with E-state index in [-0.39, 0.29) is 5.78 Å². The lowest BCUT2D eigenvalue weighted by Gasteiger charge is -2.13. The molecule has 2 rings (SSSR count). The summed E-state index contributed by atoms with van der Waals surface area (Å²) in [5.74, 6) is 0.164. The molecule has 0 fully saturated rings. The molecule has 0 aromatic carbocycles. The van der Waals surface area contributed by atoms with Crippen LogP contribution in [0.4, 0.5) is 0 Å². The highest BCUT2D eigenvalue weighted by atomic mass is 16.5. The molecule has 2 heterocycles.